The van der Waals surface area contributed by atoms with Crippen molar-refractivity contribution in [2.24, 2.45) is 0 Å². The van der Waals surface area contributed by atoms with Crippen LogP contribution in [0.15, 0.2) is 16.7 Å². The van der Waals surface area contributed by atoms with Crippen LogP contribution in [0.1, 0.15) is 70.5 Å². The highest BCUT2D eigenvalue weighted by Crippen LogP contribution is 2.24. The maximum Gasteiger partial charge on any atom is 0.320 e. The second-order valence-electron chi connectivity index (χ2n) is 6.31. The van der Waals surface area contributed by atoms with E-state index >= 15 is 0 Å². The SMILES string of the molecule is CCCCCCc1cc2cnc(OC3CCCCC3)nc2o1. The molecule has 1 saturated carbocycles. The Bertz CT molecular complexity index is 588. The van der Waals surface area contributed by atoms with Gasteiger partial charge in [-0.15, -0.1) is 0 Å². The molecule has 3 rings (SSSR count). The van der Waals surface area contributed by atoms with Crippen LogP contribution in [-0.4, -0.2) is 16.1 Å². The van der Waals surface area contributed by atoms with Gasteiger partial charge >= 0.3 is 6.01 Å². The summed E-state index contributed by atoms with van der Waals surface area (Å²) in [5.74, 6) is 1.01. The lowest BCUT2D eigenvalue weighted by Gasteiger charge is -2.21. The van der Waals surface area contributed by atoms with E-state index in [0.717, 1.165) is 30.4 Å². The minimum atomic E-state index is 0.273. The van der Waals surface area contributed by atoms with Gasteiger partial charge in [-0.2, -0.15) is 4.98 Å². The minimum absolute atomic E-state index is 0.273. The van der Waals surface area contributed by atoms with E-state index in [9.17, 15) is 0 Å². The monoisotopic (exact) mass is 302 g/mol. The topological polar surface area (TPSA) is 48.2 Å². The van der Waals surface area contributed by atoms with E-state index in [0.29, 0.717) is 11.7 Å². The molecule has 0 spiro atoms. The molecule has 0 N–H and O–H groups in total. The molecule has 22 heavy (non-hydrogen) atoms. The van der Waals surface area contributed by atoms with Gasteiger partial charge in [0.25, 0.3) is 0 Å². The van der Waals surface area contributed by atoms with Crippen molar-refractivity contribution in [1.29, 1.82) is 0 Å². The number of unbranched alkanes of at least 4 members (excludes halogenated alkanes) is 3. The molecule has 2 aromatic rings. The molecule has 0 saturated heterocycles. The van der Waals surface area contributed by atoms with Gasteiger partial charge in [0, 0.05) is 12.6 Å². The number of nitrogens with zero attached hydrogens (tertiary/aromatic N) is 2. The smallest absolute Gasteiger partial charge is 0.320 e. The van der Waals surface area contributed by atoms with E-state index in [1.54, 1.807) is 0 Å². The first-order chi connectivity index (χ1) is 10.8. The average molecular weight is 302 g/mol. The van der Waals surface area contributed by atoms with Gasteiger partial charge in [-0.25, -0.2) is 4.98 Å². The molecule has 2 heterocycles. The van der Waals surface area contributed by atoms with Gasteiger partial charge in [0.15, 0.2) is 0 Å². The van der Waals surface area contributed by atoms with E-state index in [4.69, 9.17) is 9.15 Å². The van der Waals surface area contributed by atoms with Crippen molar-refractivity contribution in [3.63, 3.8) is 0 Å². The molecule has 4 nitrogen and oxygen atoms in total. The lowest BCUT2D eigenvalue weighted by molar-refractivity contribution is 0.142. The van der Waals surface area contributed by atoms with Gasteiger partial charge in [-0.1, -0.05) is 32.6 Å². The second kappa shape index (κ2) is 7.61. The number of hydrogen-bond donors (Lipinski definition) is 0. The molecule has 0 aromatic carbocycles. The zero-order valence-corrected chi connectivity index (χ0v) is 13.5. The number of rotatable bonds is 7. The molecule has 1 aliphatic rings. The Balaban J connectivity index is 1.62. The Kier molecular flexibility index (Phi) is 5.30. The van der Waals surface area contributed by atoms with Gasteiger partial charge in [0.05, 0.1) is 5.39 Å². The molecule has 0 aliphatic heterocycles. The lowest BCUT2D eigenvalue weighted by atomic mass is 9.98. The molecule has 1 fully saturated rings. The standard InChI is InChI=1S/C18H26N2O2/c1-2-3-4-6-11-16-12-14-13-19-18(20-17(14)21-16)22-15-9-7-5-8-10-15/h12-13,15H,2-11H2,1H3. The normalized spacial score (nSPS) is 16.2. The summed E-state index contributed by atoms with van der Waals surface area (Å²) in [5, 5.41) is 0.974. The van der Waals surface area contributed by atoms with E-state index < -0.39 is 0 Å². The van der Waals surface area contributed by atoms with Crippen molar-refractivity contribution in [2.75, 3.05) is 0 Å². The van der Waals surface area contributed by atoms with Crippen LogP contribution < -0.4 is 4.74 Å². The van der Waals surface area contributed by atoms with Crippen molar-refractivity contribution in [1.82, 2.24) is 9.97 Å². The highest BCUT2D eigenvalue weighted by atomic mass is 16.5. The van der Waals surface area contributed by atoms with Gasteiger partial charge in [0.2, 0.25) is 5.71 Å². The highest BCUT2D eigenvalue weighted by molar-refractivity contribution is 5.73. The molecule has 0 amide bonds. The molecule has 4 heteroatoms. The summed E-state index contributed by atoms with van der Waals surface area (Å²) in [6, 6.07) is 2.53. The molecular weight excluding hydrogens is 276 g/mol. The maximum absolute atomic E-state index is 5.90. The number of hydrogen-bond acceptors (Lipinski definition) is 4. The predicted octanol–water partition coefficient (Wildman–Crippen LogP) is 5.06. The van der Waals surface area contributed by atoms with Crippen LogP contribution in [0.4, 0.5) is 0 Å². The van der Waals surface area contributed by atoms with Gasteiger partial charge < -0.3 is 9.15 Å². The zero-order valence-electron chi connectivity index (χ0n) is 13.5. The van der Waals surface area contributed by atoms with E-state index in [-0.39, 0.29) is 6.10 Å². The molecule has 0 radical (unpaired) electrons. The number of furan rings is 1. The molecule has 2 aromatic heterocycles. The first kappa shape index (κ1) is 15.3. The summed E-state index contributed by atoms with van der Waals surface area (Å²) in [5.41, 5.74) is 0.659. The van der Waals surface area contributed by atoms with Gasteiger partial charge in [-0.3, -0.25) is 0 Å². The number of aryl methyl sites for hydroxylation is 1. The molecule has 0 bridgehead atoms. The van der Waals surface area contributed by atoms with Crippen LogP contribution in [0.3, 0.4) is 0 Å². The Hall–Kier alpha value is -1.58. The predicted molar refractivity (Wildman–Crippen MR) is 87.2 cm³/mol. The molecule has 0 unspecified atom stereocenters. The summed E-state index contributed by atoms with van der Waals surface area (Å²) in [6.07, 6.45) is 14.1. The van der Waals surface area contributed by atoms with Crippen LogP contribution in [0.2, 0.25) is 0 Å². The van der Waals surface area contributed by atoms with Crippen LogP contribution >= 0.6 is 0 Å². The number of fused-ring (bicyclic) bond motifs is 1. The fourth-order valence-electron chi connectivity index (χ4n) is 3.11. The summed E-state index contributed by atoms with van der Waals surface area (Å²) in [6.45, 7) is 2.23. The second-order valence-corrected chi connectivity index (χ2v) is 6.31. The van der Waals surface area contributed by atoms with E-state index in [1.807, 2.05) is 6.20 Å². The highest BCUT2D eigenvalue weighted by Gasteiger charge is 2.17. The fraction of sp³-hybridized carbons (Fsp3) is 0.667. The Labute approximate surface area is 132 Å². The third kappa shape index (κ3) is 3.99. The van der Waals surface area contributed by atoms with E-state index in [2.05, 4.69) is 23.0 Å². The van der Waals surface area contributed by atoms with Gasteiger partial charge in [0.1, 0.15) is 11.9 Å². The minimum Gasteiger partial charge on any atom is -0.460 e. The van der Waals surface area contributed by atoms with Crippen LogP contribution in [0.5, 0.6) is 6.01 Å². The fourth-order valence-corrected chi connectivity index (χ4v) is 3.11. The largest absolute Gasteiger partial charge is 0.460 e. The summed E-state index contributed by atoms with van der Waals surface area (Å²) in [4.78, 5) is 8.77. The van der Waals surface area contributed by atoms with Crippen molar-refractivity contribution in [2.45, 2.75) is 77.2 Å². The van der Waals surface area contributed by atoms with Crippen molar-refractivity contribution in [3.05, 3.63) is 18.0 Å². The van der Waals surface area contributed by atoms with Crippen LogP contribution in [0, 0.1) is 0 Å². The zero-order chi connectivity index (χ0) is 15.2. The summed E-state index contributed by atoms with van der Waals surface area (Å²) in [7, 11) is 0. The van der Waals surface area contributed by atoms with Crippen molar-refractivity contribution >= 4 is 11.1 Å². The number of aromatic nitrogens is 2. The first-order valence-electron chi connectivity index (χ1n) is 8.77. The molecule has 0 atom stereocenters. The Morgan fingerprint density at radius 1 is 1.18 bits per heavy atom. The molecular formula is C18H26N2O2. The Morgan fingerprint density at radius 3 is 2.86 bits per heavy atom. The average Bonchev–Trinajstić information content (AvgIpc) is 2.95. The van der Waals surface area contributed by atoms with Crippen molar-refractivity contribution < 1.29 is 9.15 Å². The molecule has 1 aliphatic carbocycles. The lowest BCUT2D eigenvalue weighted by Crippen LogP contribution is -2.20. The first-order valence-corrected chi connectivity index (χ1v) is 8.77. The van der Waals surface area contributed by atoms with Crippen LogP contribution in [0.25, 0.3) is 11.1 Å². The maximum atomic E-state index is 5.90. The number of ether oxygens (including phenoxy) is 1. The quantitative estimate of drug-likeness (QED) is 0.671. The third-order valence-electron chi connectivity index (χ3n) is 4.40. The summed E-state index contributed by atoms with van der Waals surface area (Å²) < 4.78 is 11.8. The van der Waals surface area contributed by atoms with Gasteiger partial charge in [-0.05, 0) is 38.2 Å². The Morgan fingerprint density at radius 2 is 2.05 bits per heavy atom. The van der Waals surface area contributed by atoms with Crippen LogP contribution in [-0.2, 0) is 6.42 Å². The van der Waals surface area contributed by atoms with Crippen molar-refractivity contribution in [3.8, 4) is 6.01 Å². The molecule has 120 valence electrons. The summed E-state index contributed by atoms with van der Waals surface area (Å²) >= 11 is 0. The third-order valence-corrected chi connectivity index (χ3v) is 4.40. The van der Waals surface area contributed by atoms with E-state index in [1.165, 1.54) is 44.9 Å².